The number of nitrogens with zero attached hydrogens (tertiary/aromatic N) is 1. The fraction of sp³-hybridized carbons (Fsp3) is 0.316. The molecule has 146 valence electrons. The van der Waals surface area contributed by atoms with Crippen LogP contribution in [0, 0.1) is 0 Å². The van der Waals surface area contributed by atoms with Crippen LogP contribution in [-0.4, -0.2) is 38.9 Å². The summed E-state index contributed by atoms with van der Waals surface area (Å²) in [7, 11) is -3.59. The van der Waals surface area contributed by atoms with Crippen LogP contribution in [0.1, 0.15) is 12.5 Å². The maximum absolute atomic E-state index is 12.4. The third-order valence-electron chi connectivity index (χ3n) is 3.86. The van der Waals surface area contributed by atoms with Gasteiger partial charge in [0.1, 0.15) is 6.04 Å². The van der Waals surface area contributed by atoms with Gasteiger partial charge >= 0.3 is 0 Å². The Morgan fingerprint density at radius 3 is 2.41 bits per heavy atom. The van der Waals surface area contributed by atoms with Crippen molar-refractivity contribution in [3.05, 3.63) is 65.2 Å². The van der Waals surface area contributed by atoms with Gasteiger partial charge in [-0.3, -0.25) is 9.10 Å². The van der Waals surface area contributed by atoms with Gasteiger partial charge in [0.15, 0.2) is 0 Å². The monoisotopic (exact) mass is 426 g/mol. The van der Waals surface area contributed by atoms with Gasteiger partial charge in [0.25, 0.3) is 0 Å². The van der Waals surface area contributed by atoms with Gasteiger partial charge < -0.3 is 5.32 Å². The van der Waals surface area contributed by atoms with Crippen LogP contribution in [0.3, 0.4) is 0 Å². The maximum Gasteiger partial charge on any atom is 0.243 e. The third-order valence-corrected chi connectivity index (χ3v) is 6.48. The molecule has 2 rings (SSSR count). The molecule has 0 aromatic heterocycles. The van der Waals surface area contributed by atoms with Crippen LogP contribution in [0.25, 0.3) is 0 Å². The molecule has 27 heavy (non-hydrogen) atoms. The molecule has 0 aliphatic carbocycles. The number of amides is 1. The lowest BCUT2D eigenvalue weighted by Crippen LogP contribution is -2.48. The molecule has 1 atom stereocenters. The lowest BCUT2D eigenvalue weighted by Gasteiger charge is -2.28. The van der Waals surface area contributed by atoms with E-state index in [0.717, 1.165) is 26.9 Å². The van der Waals surface area contributed by atoms with E-state index in [1.807, 2.05) is 24.3 Å². The normalized spacial score (nSPS) is 12.4. The molecule has 8 heteroatoms. The van der Waals surface area contributed by atoms with Gasteiger partial charge in [-0.05, 0) is 30.7 Å². The first-order valence-corrected chi connectivity index (χ1v) is 11.8. The second kappa shape index (κ2) is 10.0. The Hall–Kier alpha value is -1.70. The Morgan fingerprint density at radius 2 is 1.78 bits per heavy atom. The van der Waals surface area contributed by atoms with Crippen LogP contribution in [0.5, 0.6) is 0 Å². The highest BCUT2D eigenvalue weighted by molar-refractivity contribution is 7.98. The fourth-order valence-corrected chi connectivity index (χ4v) is 4.89. The number of para-hydroxylation sites is 1. The van der Waals surface area contributed by atoms with Crippen LogP contribution in [0.4, 0.5) is 5.69 Å². The van der Waals surface area contributed by atoms with Crippen LogP contribution in [0.15, 0.2) is 54.6 Å². The minimum absolute atomic E-state index is 0.331. The summed E-state index contributed by atoms with van der Waals surface area (Å²) in [6.07, 6.45) is 1.10. The Kier molecular flexibility index (Phi) is 8.01. The molecular formula is C19H23ClN2O3S2. The number of rotatable bonds is 9. The van der Waals surface area contributed by atoms with Crippen LogP contribution in [0.2, 0.25) is 5.02 Å². The summed E-state index contributed by atoms with van der Waals surface area (Å²) in [6.45, 7) is 2.03. The Balaban J connectivity index is 1.87. The largest absolute Gasteiger partial charge is 0.353 e. The average molecular weight is 427 g/mol. The molecule has 0 bridgehead atoms. The van der Waals surface area contributed by atoms with E-state index < -0.39 is 16.1 Å². The number of benzene rings is 2. The first kappa shape index (κ1) is 21.6. The maximum atomic E-state index is 12.4. The Morgan fingerprint density at radius 1 is 1.15 bits per heavy atom. The molecule has 0 heterocycles. The van der Waals surface area contributed by atoms with E-state index in [4.69, 9.17) is 11.6 Å². The second-order valence-corrected chi connectivity index (χ2v) is 9.38. The highest BCUT2D eigenvalue weighted by atomic mass is 35.5. The van der Waals surface area contributed by atoms with E-state index in [0.29, 0.717) is 18.0 Å². The summed E-state index contributed by atoms with van der Waals surface area (Å²) in [5.41, 5.74) is 1.52. The molecule has 5 nitrogen and oxygen atoms in total. The number of carbonyl (C=O) groups is 1. The van der Waals surface area contributed by atoms with Crippen LogP contribution < -0.4 is 9.62 Å². The zero-order chi connectivity index (χ0) is 19.9. The molecule has 0 aliphatic rings. The molecule has 0 saturated carbocycles. The Bertz CT molecular complexity index is 860. The van der Waals surface area contributed by atoms with Crippen molar-refractivity contribution in [2.45, 2.75) is 18.7 Å². The predicted octanol–water partition coefficient (Wildman–Crippen LogP) is 3.54. The topological polar surface area (TPSA) is 66.5 Å². The molecular weight excluding hydrogens is 404 g/mol. The first-order chi connectivity index (χ1) is 12.8. The quantitative estimate of drug-likeness (QED) is 0.623. The minimum Gasteiger partial charge on any atom is -0.353 e. The van der Waals surface area contributed by atoms with Crippen molar-refractivity contribution in [1.29, 1.82) is 0 Å². The molecule has 2 aromatic carbocycles. The van der Waals surface area contributed by atoms with Crippen molar-refractivity contribution in [3.8, 4) is 0 Å². The van der Waals surface area contributed by atoms with Crippen molar-refractivity contribution >= 4 is 45.0 Å². The number of carbonyl (C=O) groups excluding carboxylic acids is 1. The lowest BCUT2D eigenvalue weighted by atomic mass is 10.2. The van der Waals surface area contributed by atoms with E-state index >= 15 is 0 Å². The molecule has 0 saturated heterocycles. The summed E-state index contributed by atoms with van der Waals surface area (Å²) in [5, 5.41) is 3.54. The molecule has 0 fully saturated rings. The lowest BCUT2D eigenvalue weighted by molar-refractivity contribution is -0.121. The van der Waals surface area contributed by atoms with Crippen LogP contribution in [-0.2, 0) is 20.6 Å². The van der Waals surface area contributed by atoms with E-state index in [1.165, 1.54) is 0 Å². The van der Waals surface area contributed by atoms with E-state index in [2.05, 4.69) is 5.32 Å². The zero-order valence-corrected chi connectivity index (χ0v) is 17.7. The molecule has 0 unspecified atom stereocenters. The number of halogens is 1. The van der Waals surface area contributed by atoms with E-state index in [9.17, 15) is 13.2 Å². The molecule has 0 aliphatic heterocycles. The van der Waals surface area contributed by atoms with Gasteiger partial charge in [0.05, 0.1) is 11.9 Å². The van der Waals surface area contributed by atoms with Crippen molar-refractivity contribution in [1.82, 2.24) is 5.32 Å². The number of thioether (sulfide) groups is 1. The van der Waals surface area contributed by atoms with Crippen molar-refractivity contribution in [3.63, 3.8) is 0 Å². The summed E-state index contributed by atoms with van der Waals surface area (Å²) in [5.74, 6) is 1.13. The van der Waals surface area contributed by atoms with Crippen molar-refractivity contribution < 1.29 is 13.2 Å². The summed E-state index contributed by atoms with van der Waals surface area (Å²) >= 11 is 7.77. The first-order valence-electron chi connectivity index (χ1n) is 8.44. The number of nitrogens with one attached hydrogen (secondary N) is 1. The van der Waals surface area contributed by atoms with Gasteiger partial charge in [-0.1, -0.05) is 48.0 Å². The third kappa shape index (κ3) is 6.45. The highest BCUT2D eigenvalue weighted by Crippen LogP contribution is 2.21. The Labute approximate surface area is 170 Å². The van der Waals surface area contributed by atoms with Gasteiger partial charge in [0.2, 0.25) is 15.9 Å². The van der Waals surface area contributed by atoms with Crippen molar-refractivity contribution in [2.24, 2.45) is 0 Å². The summed E-state index contributed by atoms with van der Waals surface area (Å²) in [4.78, 5) is 12.4. The fourth-order valence-electron chi connectivity index (χ4n) is 2.58. The molecule has 0 radical (unpaired) electrons. The van der Waals surface area contributed by atoms with Gasteiger partial charge in [-0.2, -0.15) is 11.8 Å². The number of hydrogen-bond acceptors (Lipinski definition) is 4. The number of anilines is 1. The SMILES string of the molecule is C[C@H](C(=O)NCCSCc1ccccc1Cl)N(c1ccccc1)S(C)(=O)=O. The summed E-state index contributed by atoms with van der Waals surface area (Å²) < 4.78 is 25.5. The predicted molar refractivity (Wildman–Crippen MR) is 114 cm³/mol. The van der Waals surface area contributed by atoms with E-state index in [-0.39, 0.29) is 5.91 Å². The van der Waals surface area contributed by atoms with E-state index in [1.54, 1.807) is 49.0 Å². The van der Waals surface area contributed by atoms with Gasteiger partial charge in [-0.25, -0.2) is 8.42 Å². The minimum atomic E-state index is -3.59. The van der Waals surface area contributed by atoms with Crippen molar-refractivity contribution in [2.75, 3.05) is 22.9 Å². The van der Waals surface area contributed by atoms with Gasteiger partial charge in [-0.15, -0.1) is 0 Å². The van der Waals surface area contributed by atoms with Gasteiger partial charge in [0, 0.05) is 23.1 Å². The second-order valence-electron chi connectivity index (χ2n) is 6.01. The van der Waals surface area contributed by atoms with Crippen LogP contribution >= 0.6 is 23.4 Å². The molecule has 2 aromatic rings. The number of hydrogen-bond donors (Lipinski definition) is 1. The zero-order valence-electron chi connectivity index (χ0n) is 15.3. The molecule has 1 amide bonds. The standard InChI is InChI=1S/C19H23ClN2O3S2/c1-15(22(27(2,24)25)17-9-4-3-5-10-17)19(23)21-12-13-26-14-16-8-6-7-11-18(16)20/h3-11,15H,12-14H2,1-2H3,(H,21,23)/t15-/m1/s1. The summed E-state index contributed by atoms with van der Waals surface area (Å²) in [6, 6.07) is 15.4. The highest BCUT2D eigenvalue weighted by Gasteiger charge is 2.28. The smallest absolute Gasteiger partial charge is 0.243 e. The molecule has 1 N–H and O–H groups in total. The average Bonchev–Trinajstić information content (AvgIpc) is 2.62. The number of sulfonamides is 1. The molecule has 0 spiro atoms.